The van der Waals surface area contributed by atoms with Gasteiger partial charge in [0.05, 0.1) is 10.9 Å². The fourth-order valence-electron chi connectivity index (χ4n) is 3.81. The number of hydrogen-bond acceptors (Lipinski definition) is 5. The molecule has 1 amide bonds. The molecule has 1 saturated heterocycles. The molecule has 9 heteroatoms. The van der Waals surface area contributed by atoms with Crippen molar-refractivity contribution in [1.29, 1.82) is 0 Å². The van der Waals surface area contributed by atoms with Gasteiger partial charge >= 0.3 is 0 Å². The van der Waals surface area contributed by atoms with Gasteiger partial charge in [-0.2, -0.15) is 0 Å². The summed E-state index contributed by atoms with van der Waals surface area (Å²) in [5.41, 5.74) is 1.01. The van der Waals surface area contributed by atoms with Gasteiger partial charge in [0.25, 0.3) is 0 Å². The van der Waals surface area contributed by atoms with E-state index in [9.17, 15) is 13.2 Å². The second kappa shape index (κ2) is 8.83. The van der Waals surface area contributed by atoms with Crippen LogP contribution < -0.4 is 14.2 Å². The number of ether oxygens (including phenoxy) is 2. The summed E-state index contributed by atoms with van der Waals surface area (Å²) in [4.78, 5) is 14.7. The van der Waals surface area contributed by atoms with Crippen molar-refractivity contribution in [1.82, 2.24) is 9.62 Å². The van der Waals surface area contributed by atoms with Crippen LogP contribution in [0.2, 0.25) is 5.02 Å². The number of rotatable bonds is 6. The first kappa shape index (κ1) is 21.0. The molecular weight excluding hydrogens is 428 g/mol. The lowest BCUT2D eigenvalue weighted by atomic mass is 10.0. The maximum atomic E-state index is 12.8. The number of likely N-dealkylation sites (tertiary alicyclic amines) is 1. The second-order valence-electron chi connectivity index (χ2n) is 7.25. The number of sulfonamides is 1. The molecule has 2 heterocycles. The summed E-state index contributed by atoms with van der Waals surface area (Å²) >= 11 is 5.80. The molecule has 0 aliphatic carbocycles. The highest BCUT2D eigenvalue weighted by atomic mass is 35.5. The Morgan fingerprint density at radius 2 is 1.83 bits per heavy atom. The smallest absolute Gasteiger partial charge is 0.240 e. The van der Waals surface area contributed by atoms with E-state index in [-0.39, 0.29) is 29.8 Å². The summed E-state index contributed by atoms with van der Waals surface area (Å²) in [6.07, 6.45) is 1.86. The predicted molar refractivity (Wildman–Crippen MR) is 112 cm³/mol. The van der Waals surface area contributed by atoms with Gasteiger partial charge in [-0.15, -0.1) is 0 Å². The molecule has 0 aromatic heterocycles. The normalized spacial score (nSPS) is 18.4. The van der Waals surface area contributed by atoms with Gasteiger partial charge in [-0.3, -0.25) is 4.79 Å². The fourth-order valence-corrected chi connectivity index (χ4v) is 4.97. The second-order valence-corrected chi connectivity index (χ2v) is 9.45. The molecule has 1 fully saturated rings. The number of hydrogen-bond donors (Lipinski definition) is 1. The third kappa shape index (κ3) is 4.55. The molecule has 0 radical (unpaired) electrons. The number of amides is 1. The minimum atomic E-state index is -3.68. The van der Waals surface area contributed by atoms with Gasteiger partial charge in [-0.1, -0.05) is 17.7 Å². The minimum Gasteiger partial charge on any atom is -0.486 e. The molecule has 2 aromatic carbocycles. The van der Waals surface area contributed by atoms with E-state index in [4.69, 9.17) is 21.1 Å². The molecule has 30 heavy (non-hydrogen) atoms. The van der Waals surface area contributed by atoms with E-state index < -0.39 is 10.0 Å². The summed E-state index contributed by atoms with van der Waals surface area (Å²) in [5, 5.41) is 0.461. The average molecular weight is 451 g/mol. The first-order valence-corrected chi connectivity index (χ1v) is 11.7. The van der Waals surface area contributed by atoms with Crippen LogP contribution in [0.15, 0.2) is 47.4 Å². The highest BCUT2D eigenvalue weighted by molar-refractivity contribution is 7.89. The zero-order valence-corrected chi connectivity index (χ0v) is 17.9. The molecule has 2 aliphatic heterocycles. The van der Waals surface area contributed by atoms with E-state index >= 15 is 0 Å². The standard InChI is InChI=1S/C21H23ClN2O5S/c22-16-4-6-17(7-5-16)30(26,27)23-10-9-21(25)24-11-1-2-18(24)15-3-8-19-20(14-15)29-13-12-28-19/h3-8,14,18,23H,1-2,9-13H2/t18-/m1/s1. The lowest BCUT2D eigenvalue weighted by molar-refractivity contribution is -0.131. The van der Waals surface area contributed by atoms with E-state index in [1.165, 1.54) is 24.3 Å². The molecule has 1 N–H and O–H groups in total. The third-order valence-electron chi connectivity index (χ3n) is 5.28. The first-order valence-electron chi connectivity index (χ1n) is 9.88. The monoisotopic (exact) mass is 450 g/mol. The summed E-state index contributed by atoms with van der Waals surface area (Å²) < 4.78 is 38.4. The largest absolute Gasteiger partial charge is 0.486 e. The van der Waals surface area contributed by atoms with E-state index in [0.717, 1.165) is 24.2 Å². The van der Waals surface area contributed by atoms with Crippen LogP contribution in [0.5, 0.6) is 11.5 Å². The van der Waals surface area contributed by atoms with E-state index in [2.05, 4.69) is 4.72 Å². The zero-order valence-electron chi connectivity index (χ0n) is 16.3. The summed E-state index contributed by atoms with van der Waals surface area (Å²) in [6.45, 7) is 1.74. The van der Waals surface area contributed by atoms with Crippen LogP contribution in [-0.2, 0) is 14.8 Å². The SMILES string of the molecule is O=C(CCNS(=O)(=O)c1ccc(Cl)cc1)N1CCC[C@@H]1c1ccc2c(c1)OCCO2. The highest BCUT2D eigenvalue weighted by Crippen LogP contribution is 2.38. The molecule has 4 rings (SSSR count). The first-order chi connectivity index (χ1) is 14.4. The molecule has 2 aliphatic rings. The molecule has 1 atom stereocenters. The number of nitrogens with one attached hydrogen (secondary N) is 1. The summed E-state index contributed by atoms with van der Waals surface area (Å²) in [7, 11) is -3.68. The van der Waals surface area contributed by atoms with Gasteiger partial charge in [0, 0.05) is 24.5 Å². The summed E-state index contributed by atoms with van der Waals surface area (Å²) in [5.74, 6) is 1.34. The van der Waals surface area contributed by atoms with Gasteiger partial charge in [0.15, 0.2) is 11.5 Å². The quantitative estimate of drug-likeness (QED) is 0.730. The number of benzene rings is 2. The lowest BCUT2D eigenvalue weighted by Gasteiger charge is -2.27. The van der Waals surface area contributed by atoms with Gasteiger partial charge in [-0.25, -0.2) is 13.1 Å². The number of carbonyl (C=O) groups excluding carboxylic acids is 1. The van der Waals surface area contributed by atoms with Gasteiger partial charge in [0.1, 0.15) is 13.2 Å². The molecule has 7 nitrogen and oxygen atoms in total. The molecular formula is C21H23ClN2O5S. The van der Waals surface area contributed by atoms with Crippen LogP contribution in [0.25, 0.3) is 0 Å². The average Bonchev–Trinajstić information content (AvgIpc) is 3.23. The Balaban J connectivity index is 1.37. The maximum Gasteiger partial charge on any atom is 0.240 e. The molecule has 160 valence electrons. The van der Waals surface area contributed by atoms with Crippen LogP contribution in [-0.4, -0.2) is 45.5 Å². The van der Waals surface area contributed by atoms with Crippen molar-refractivity contribution in [2.45, 2.75) is 30.2 Å². The Bertz CT molecular complexity index is 1030. The van der Waals surface area contributed by atoms with Crippen molar-refractivity contribution < 1.29 is 22.7 Å². The van der Waals surface area contributed by atoms with Gasteiger partial charge < -0.3 is 14.4 Å². The summed E-state index contributed by atoms with van der Waals surface area (Å²) in [6, 6.07) is 11.6. The van der Waals surface area contributed by atoms with Crippen LogP contribution in [0, 0.1) is 0 Å². The molecule has 0 bridgehead atoms. The molecule has 0 saturated carbocycles. The van der Waals surface area contributed by atoms with Crippen LogP contribution in [0.4, 0.5) is 0 Å². The van der Waals surface area contributed by atoms with Crippen molar-refractivity contribution >= 4 is 27.5 Å². The van der Waals surface area contributed by atoms with Gasteiger partial charge in [0.2, 0.25) is 15.9 Å². The number of nitrogens with zero attached hydrogens (tertiary/aromatic N) is 1. The van der Waals surface area contributed by atoms with E-state index in [1.54, 1.807) is 0 Å². The highest BCUT2D eigenvalue weighted by Gasteiger charge is 2.30. The maximum absolute atomic E-state index is 12.8. The van der Waals surface area contributed by atoms with Crippen LogP contribution in [0.3, 0.4) is 0 Å². The number of fused-ring (bicyclic) bond motifs is 1. The number of carbonyl (C=O) groups is 1. The molecule has 0 spiro atoms. The van der Waals surface area contributed by atoms with Crippen molar-refractivity contribution in [2.24, 2.45) is 0 Å². The van der Waals surface area contributed by atoms with Crippen molar-refractivity contribution in [3.63, 3.8) is 0 Å². The van der Waals surface area contributed by atoms with Crippen LogP contribution in [0.1, 0.15) is 30.9 Å². The molecule has 2 aromatic rings. The van der Waals surface area contributed by atoms with Crippen molar-refractivity contribution in [2.75, 3.05) is 26.3 Å². The zero-order chi connectivity index (χ0) is 21.1. The fraction of sp³-hybridized carbons (Fsp3) is 0.381. The van der Waals surface area contributed by atoms with E-state index in [1.807, 2.05) is 23.1 Å². The Labute approximate surface area is 181 Å². The number of halogens is 1. The topological polar surface area (TPSA) is 84.9 Å². The predicted octanol–water partition coefficient (Wildman–Crippen LogP) is 3.14. The van der Waals surface area contributed by atoms with Crippen LogP contribution >= 0.6 is 11.6 Å². The van der Waals surface area contributed by atoms with Gasteiger partial charge in [-0.05, 0) is 54.8 Å². The Hall–Kier alpha value is -2.29. The Kier molecular flexibility index (Phi) is 6.17. The molecule has 0 unspecified atom stereocenters. The van der Waals surface area contributed by atoms with Crippen molar-refractivity contribution in [3.05, 3.63) is 53.1 Å². The Morgan fingerprint density at radius 1 is 1.10 bits per heavy atom. The Morgan fingerprint density at radius 3 is 2.60 bits per heavy atom. The third-order valence-corrected chi connectivity index (χ3v) is 7.01. The minimum absolute atomic E-state index is 0.0359. The van der Waals surface area contributed by atoms with Crippen molar-refractivity contribution in [3.8, 4) is 11.5 Å². The van der Waals surface area contributed by atoms with E-state index in [0.29, 0.717) is 30.5 Å². The lowest BCUT2D eigenvalue weighted by Crippen LogP contribution is -2.34.